The number of pyridine rings is 1. The summed E-state index contributed by atoms with van der Waals surface area (Å²) >= 11 is 0. The number of aromatic nitrogens is 1. The van der Waals surface area contributed by atoms with Gasteiger partial charge in [0.1, 0.15) is 5.82 Å². The quantitative estimate of drug-likeness (QED) is 0.679. The van der Waals surface area contributed by atoms with Gasteiger partial charge in [0.15, 0.2) is 5.96 Å². The first kappa shape index (κ1) is 14.2. The molecule has 2 fully saturated rings. The normalized spacial score (nSPS) is 19.1. The minimum atomic E-state index is 0.600. The molecule has 2 aliphatic rings. The maximum absolute atomic E-state index is 6.08. The maximum atomic E-state index is 6.08. The number of rotatable bonds is 4. The molecule has 1 aliphatic carbocycles. The molecule has 5 heteroatoms. The number of anilines is 1. The van der Waals surface area contributed by atoms with Gasteiger partial charge in [0.05, 0.1) is 6.54 Å². The van der Waals surface area contributed by atoms with Gasteiger partial charge in [-0.05, 0) is 38.7 Å². The second-order valence-corrected chi connectivity index (χ2v) is 6.15. The third-order valence-corrected chi connectivity index (χ3v) is 4.37. The van der Waals surface area contributed by atoms with Crippen LogP contribution in [0.4, 0.5) is 5.82 Å². The second kappa shape index (κ2) is 5.92. The fourth-order valence-electron chi connectivity index (χ4n) is 2.82. The van der Waals surface area contributed by atoms with Crippen molar-refractivity contribution in [2.24, 2.45) is 10.7 Å². The predicted molar refractivity (Wildman–Crippen MR) is 86.5 cm³/mol. The van der Waals surface area contributed by atoms with Crippen molar-refractivity contribution in [3.63, 3.8) is 0 Å². The Morgan fingerprint density at radius 1 is 1.38 bits per heavy atom. The molecule has 1 aromatic heterocycles. The number of aliphatic imine (C=N–C) groups is 1. The summed E-state index contributed by atoms with van der Waals surface area (Å²) in [5, 5.41) is 0. The van der Waals surface area contributed by atoms with Gasteiger partial charge < -0.3 is 15.5 Å². The number of nitrogens with zero attached hydrogens (tertiary/aromatic N) is 4. The van der Waals surface area contributed by atoms with E-state index in [0.29, 0.717) is 18.5 Å². The molecule has 21 heavy (non-hydrogen) atoms. The van der Waals surface area contributed by atoms with Crippen LogP contribution in [0.25, 0.3) is 0 Å². The van der Waals surface area contributed by atoms with Crippen LogP contribution in [0.2, 0.25) is 0 Å². The van der Waals surface area contributed by atoms with Gasteiger partial charge in [-0.1, -0.05) is 6.07 Å². The Bertz CT molecular complexity index is 529. The van der Waals surface area contributed by atoms with E-state index in [1.807, 2.05) is 14.0 Å². The molecule has 0 radical (unpaired) electrons. The molecule has 2 heterocycles. The molecule has 0 bridgehead atoms. The van der Waals surface area contributed by atoms with Crippen molar-refractivity contribution >= 4 is 11.8 Å². The lowest BCUT2D eigenvalue weighted by atomic mass is 10.2. The first-order valence-electron chi connectivity index (χ1n) is 7.89. The smallest absolute Gasteiger partial charge is 0.191 e. The maximum Gasteiger partial charge on any atom is 0.191 e. The Hall–Kier alpha value is -1.78. The fraction of sp³-hybridized carbons (Fsp3) is 0.625. The first-order valence-corrected chi connectivity index (χ1v) is 7.89. The van der Waals surface area contributed by atoms with Crippen molar-refractivity contribution in [3.05, 3.63) is 23.4 Å². The van der Waals surface area contributed by atoms with E-state index in [2.05, 4.69) is 26.9 Å². The lowest BCUT2D eigenvalue weighted by molar-refractivity contribution is 0.487. The molecule has 1 aliphatic heterocycles. The van der Waals surface area contributed by atoms with Crippen LogP contribution in [0.5, 0.6) is 0 Å². The molecule has 0 atom stereocenters. The van der Waals surface area contributed by atoms with Crippen LogP contribution < -0.4 is 10.6 Å². The van der Waals surface area contributed by atoms with Crippen LogP contribution in [0, 0.1) is 6.92 Å². The Labute approximate surface area is 126 Å². The molecular weight excluding hydrogens is 262 g/mol. The zero-order chi connectivity index (χ0) is 14.8. The predicted octanol–water partition coefficient (Wildman–Crippen LogP) is 1.90. The average molecular weight is 287 g/mol. The molecule has 1 saturated heterocycles. The van der Waals surface area contributed by atoms with Gasteiger partial charge in [0.2, 0.25) is 0 Å². The third kappa shape index (κ3) is 3.28. The van der Waals surface area contributed by atoms with Gasteiger partial charge in [-0.15, -0.1) is 0 Å². The van der Waals surface area contributed by atoms with Crippen molar-refractivity contribution in [2.75, 3.05) is 25.0 Å². The first-order chi connectivity index (χ1) is 10.1. The highest BCUT2D eigenvalue weighted by Crippen LogP contribution is 2.26. The molecule has 1 aromatic rings. The van der Waals surface area contributed by atoms with Crippen LogP contribution in [-0.2, 0) is 6.54 Å². The summed E-state index contributed by atoms with van der Waals surface area (Å²) in [6.45, 7) is 4.86. The summed E-state index contributed by atoms with van der Waals surface area (Å²) in [5.41, 5.74) is 8.32. The van der Waals surface area contributed by atoms with E-state index in [1.165, 1.54) is 31.2 Å². The molecule has 3 rings (SSSR count). The van der Waals surface area contributed by atoms with E-state index >= 15 is 0 Å². The molecule has 0 amide bonds. The topological polar surface area (TPSA) is 57.8 Å². The molecular formula is C16H25N5. The van der Waals surface area contributed by atoms with Crippen molar-refractivity contribution < 1.29 is 0 Å². The summed E-state index contributed by atoms with van der Waals surface area (Å²) in [4.78, 5) is 13.8. The lowest BCUT2D eigenvalue weighted by Crippen LogP contribution is -2.35. The second-order valence-electron chi connectivity index (χ2n) is 6.15. The Morgan fingerprint density at radius 3 is 2.76 bits per heavy atom. The lowest BCUT2D eigenvalue weighted by Gasteiger charge is -2.21. The highest BCUT2D eigenvalue weighted by atomic mass is 15.3. The number of hydrogen-bond donors (Lipinski definition) is 1. The minimum Gasteiger partial charge on any atom is -0.370 e. The zero-order valence-corrected chi connectivity index (χ0v) is 13.0. The van der Waals surface area contributed by atoms with Crippen LogP contribution in [-0.4, -0.2) is 42.0 Å². The number of hydrogen-bond acceptors (Lipinski definition) is 3. The van der Waals surface area contributed by atoms with Gasteiger partial charge in [-0.25, -0.2) is 9.98 Å². The van der Waals surface area contributed by atoms with Crippen LogP contribution >= 0.6 is 0 Å². The molecule has 0 unspecified atom stereocenters. The van der Waals surface area contributed by atoms with Gasteiger partial charge in [-0.3, -0.25) is 0 Å². The van der Waals surface area contributed by atoms with Crippen molar-refractivity contribution in [3.8, 4) is 0 Å². The van der Waals surface area contributed by atoms with Gasteiger partial charge in [0.25, 0.3) is 0 Å². The summed E-state index contributed by atoms with van der Waals surface area (Å²) in [6.07, 6.45) is 4.98. The van der Waals surface area contributed by atoms with Gasteiger partial charge in [0, 0.05) is 37.4 Å². The third-order valence-electron chi connectivity index (χ3n) is 4.37. The molecule has 0 aromatic carbocycles. The number of aryl methyl sites for hydroxylation is 1. The standard InChI is InChI=1S/C16H25N5/c1-12-5-6-13(15(19-12)21-9-3-4-10-21)11-18-16(17)20(2)14-7-8-14/h5-6,14H,3-4,7-11H2,1-2H3,(H2,17,18). The van der Waals surface area contributed by atoms with E-state index in [4.69, 9.17) is 10.7 Å². The highest BCUT2D eigenvalue weighted by molar-refractivity contribution is 5.78. The Balaban J connectivity index is 1.76. The van der Waals surface area contributed by atoms with E-state index in [0.717, 1.165) is 24.6 Å². The molecule has 2 N–H and O–H groups in total. The number of nitrogens with two attached hydrogens (primary N) is 1. The zero-order valence-electron chi connectivity index (χ0n) is 13.0. The highest BCUT2D eigenvalue weighted by Gasteiger charge is 2.27. The van der Waals surface area contributed by atoms with E-state index in [9.17, 15) is 0 Å². The number of guanidine groups is 1. The summed E-state index contributed by atoms with van der Waals surface area (Å²) in [5.74, 6) is 1.74. The van der Waals surface area contributed by atoms with Crippen LogP contribution in [0.3, 0.4) is 0 Å². The van der Waals surface area contributed by atoms with E-state index in [-0.39, 0.29) is 0 Å². The summed E-state index contributed by atoms with van der Waals surface area (Å²) in [7, 11) is 2.03. The molecule has 114 valence electrons. The minimum absolute atomic E-state index is 0.600. The van der Waals surface area contributed by atoms with E-state index in [1.54, 1.807) is 0 Å². The Kier molecular flexibility index (Phi) is 3.99. The van der Waals surface area contributed by atoms with Crippen molar-refractivity contribution in [1.29, 1.82) is 0 Å². The van der Waals surface area contributed by atoms with Crippen LogP contribution in [0.1, 0.15) is 36.9 Å². The summed E-state index contributed by atoms with van der Waals surface area (Å²) < 4.78 is 0. The SMILES string of the molecule is Cc1ccc(CN=C(N)N(C)C2CC2)c(N2CCCC2)n1. The van der Waals surface area contributed by atoms with Crippen molar-refractivity contribution in [1.82, 2.24) is 9.88 Å². The van der Waals surface area contributed by atoms with E-state index < -0.39 is 0 Å². The summed E-state index contributed by atoms with van der Waals surface area (Å²) in [6, 6.07) is 4.80. The van der Waals surface area contributed by atoms with Gasteiger partial charge in [-0.2, -0.15) is 0 Å². The largest absolute Gasteiger partial charge is 0.370 e. The molecule has 0 spiro atoms. The average Bonchev–Trinajstić information content (AvgIpc) is 3.19. The monoisotopic (exact) mass is 287 g/mol. The van der Waals surface area contributed by atoms with Crippen LogP contribution in [0.15, 0.2) is 17.1 Å². The molecule has 1 saturated carbocycles. The van der Waals surface area contributed by atoms with Crippen molar-refractivity contribution in [2.45, 2.75) is 45.2 Å². The Morgan fingerprint density at radius 2 is 2.10 bits per heavy atom. The fourth-order valence-corrected chi connectivity index (χ4v) is 2.82. The molecule has 5 nitrogen and oxygen atoms in total. The van der Waals surface area contributed by atoms with Gasteiger partial charge >= 0.3 is 0 Å².